The van der Waals surface area contributed by atoms with E-state index in [-0.39, 0.29) is 36.9 Å². The first kappa shape index (κ1) is 33.5. The van der Waals surface area contributed by atoms with E-state index in [1.54, 1.807) is 0 Å². The van der Waals surface area contributed by atoms with Crippen LogP contribution in [0, 0.1) is 11.8 Å². The zero-order valence-electron chi connectivity index (χ0n) is 28.1. The van der Waals surface area contributed by atoms with Crippen LogP contribution in [0.4, 0.5) is 13.2 Å². The predicted molar refractivity (Wildman–Crippen MR) is 173 cm³/mol. The van der Waals surface area contributed by atoms with E-state index in [2.05, 4.69) is 26.4 Å². The van der Waals surface area contributed by atoms with Crippen LogP contribution in [0.15, 0.2) is 0 Å². The normalized spacial score (nSPS) is 42.1. The molecule has 11 heteroatoms. The third-order valence-electron chi connectivity index (χ3n) is 13.6. The van der Waals surface area contributed by atoms with Crippen LogP contribution in [-0.2, 0) is 4.79 Å². The van der Waals surface area contributed by atoms with Gasteiger partial charge in [-0.25, -0.2) is 5.43 Å². The second-order valence-corrected chi connectivity index (χ2v) is 16.2. The van der Waals surface area contributed by atoms with E-state index in [9.17, 15) is 18.0 Å². The van der Waals surface area contributed by atoms with Crippen LogP contribution in [-0.4, -0.2) is 102 Å². The van der Waals surface area contributed by atoms with Crippen molar-refractivity contribution in [2.75, 3.05) is 32.8 Å². The van der Waals surface area contributed by atoms with Gasteiger partial charge in [0.05, 0.1) is 18.0 Å². The Balaban J connectivity index is 0.971. The van der Waals surface area contributed by atoms with Crippen molar-refractivity contribution in [3.8, 4) is 0 Å². The first-order valence-electron chi connectivity index (χ1n) is 19.3. The molecule has 4 N–H and O–H groups in total. The number of quaternary nitrogens is 1. The molecule has 0 radical (unpaired) electrons. The molecule has 7 rings (SSSR count). The number of carbonyl (C=O) groups excluding carboxylic acids is 1. The Hall–Kier alpha value is -0.980. The molecule has 0 bridgehead atoms. The largest absolute Gasteiger partial charge is 0.391 e. The number of fused-ring (bicyclic) bond motifs is 3. The minimum atomic E-state index is -4.09. The number of hydrazine groups is 1. The molecule has 3 aliphatic heterocycles. The van der Waals surface area contributed by atoms with Crippen LogP contribution >= 0.6 is 0 Å². The second-order valence-electron chi connectivity index (χ2n) is 16.2. The number of piperazine rings is 2. The van der Waals surface area contributed by atoms with Crippen LogP contribution in [0.2, 0.25) is 0 Å². The van der Waals surface area contributed by atoms with E-state index in [0.29, 0.717) is 62.9 Å². The summed E-state index contributed by atoms with van der Waals surface area (Å²) >= 11 is 0. The highest BCUT2D eigenvalue weighted by atomic mass is 19.4. The third kappa shape index (κ3) is 6.89. The molecule has 9 atom stereocenters. The number of carbonyl (C=O) groups is 1. The van der Waals surface area contributed by atoms with Gasteiger partial charge in [0.1, 0.15) is 18.9 Å². The van der Waals surface area contributed by atoms with Gasteiger partial charge in [-0.15, -0.1) is 0 Å². The summed E-state index contributed by atoms with van der Waals surface area (Å²) in [7, 11) is 0. The number of alkyl halides is 3. The fraction of sp³-hybridized carbons (Fsp3) is 0.971. The molecule has 7 aliphatic rings. The smallest absolute Gasteiger partial charge is 0.340 e. The van der Waals surface area contributed by atoms with Gasteiger partial charge in [-0.05, 0) is 77.0 Å². The maximum Gasteiger partial charge on any atom is 0.391 e. The lowest BCUT2D eigenvalue weighted by molar-refractivity contribution is -0.995. The quantitative estimate of drug-likeness (QED) is 0.315. The number of halogens is 3. The minimum Gasteiger partial charge on any atom is -0.340 e. The molecule has 0 aromatic heterocycles. The maximum atomic E-state index is 13.8. The first-order valence-corrected chi connectivity index (χ1v) is 19.3. The molecular weight excluding hydrogens is 591 g/mol. The zero-order chi connectivity index (χ0) is 31.7. The fourth-order valence-corrected chi connectivity index (χ4v) is 11.3. The van der Waals surface area contributed by atoms with Gasteiger partial charge in [0, 0.05) is 50.6 Å². The number of hydrogen-bond donors (Lipinski definition) is 4. The molecule has 262 valence electrons. The molecule has 7 fully saturated rings. The Morgan fingerprint density at radius 1 is 0.761 bits per heavy atom. The Bertz CT molecular complexity index is 1020. The van der Waals surface area contributed by atoms with E-state index in [0.717, 1.165) is 38.8 Å². The molecule has 0 aromatic rings. The minimum absolute atomic E-state index is 0.000664. The molecule has 0 spiro atoms. The number of nitrogens with zero attached hydrogens (tertiary/aromatic N) is 3. The summed E-state index contributed by atoms with van der Waals surface area (Å²) in [5, 5.41) is 8.23. The second kappa shape index (κ2) is 14.5. The summed E-state index contributed by atoms with van der Waals surface area (Å²) in [5.41, 5.74) is 7.46. The summed E-state index contributed by atoms with van der Waals surface area (Å²) < 4.78 is 41.4. The van der Waals surface area contributed by atoms with E-state index < -0.39 is 12.1 Å². The van der Waals surface area contributed by atoms with Gasteiger partial charge in [0.25, 0.3) is 0 Å². The van der Waals surface area contributed by atoms with E-state index in [4.69, 9.17) is 0 Å². The van der Waals surface area contributed by atoms with Gasteiger partial charge < -0.3 is 4.90 Å². The van der Waals surface area contributed by atoms with Gasteiger partial charge in [-0.2, -0.15) is 18.6 Å². The van der Waals surface area contributed by atoms with Crippen LogP contribution in [0.1, 0.15) is 122 Å². The zero-order valence-corrected chi connectivity index (χ0v) is 28.1. The molecule has 1 amide bonds. The predicted octanol–water partition coefficient (Wildman–Crippen LogP) is 4.96. The van der Waals surface area contributed by atoms with Gasteiger partial charge in [-0.1, -0.05) is 38.5 Å². The summed E-state index contributed by atoms with van der Waals surface area (Å²) in [6.07, 6.45) is 17.1. The molecule has 4 aliphatic carbocycles. The topological polar surface area (TPSA) is 71.7 Å². The van der Waals surface area contributed by atoms with Gasteiger partial charge in [0.15, 0.2) is 6.17 Å². The standard InChI is InChI=1S/C35H61F3N7O/c36-35(37,38)26-11-9-13-28(23-26)43-18-20-44(21-19-43)34(46)25-10-8-12-27(22-25)40-32-33-42-39-24-45(33,29-14-4-2-1-3-5-15-29)31-17-7-6-16-30(31)41-32/h25-33,39-42H,1-24H2/q+1. The van der Waals surface area contributed by atoms with E-state index in [1.165, 1.54) is 75.1 Å². The Morgan fingerprint density at radius 3 is 2.26 bits per heavy atom. The lowest BCUT2D eigenvalue weighted by atomic mass is 9.80. The highest BCUT2D eigenvalue weighted by Crippen LogP contribution is 2.43. The lowest BCUT2D eigenvalue weighted by Crippen LogP contribution is -2.82. The van der Waals surface area contributed by atoms with Crippen molar-refractivity contribution >= 4 is 5.91 Å². The SMILES string of the molecule is O=C(C1CCCC(NC2NC3CCCCC3[N+]3(C4CCCCCCC4)CNNC23)C1)N1CCN(C2CCCC(C(F)(F)F)C2)CC1. The Kier molecular flexibility index (Phi) is 10.5. The molecule has 46 heavy (non-hydrogen) atoms. The first-order chi connectivity index (χ1) is 22.3. The molecular formula is C35H61F3N7O+. The van der Waals surface area contributed by atoms with Crippen LogP contribution < -0.4 is 21.5 Å². The van der Waals surface area contributed by atoms with Crippen molar-refractivity contribution in [2.45, 2.75) is 171 Å². The van der Waals surface area contributed by atoms with Crippen LogP contribution in [0.3, 0.4) is 0 Å². The highest BCUT2D eigenvalue weighted by molar-refractivity contribution is 5.79. The average molecular weight is 653 g/mol. The average Bonchev–Trinajstić information content (AvgIpc) is 3.51. The van der Waals surface area contributed by atoms with E-state index in [1.807, 2.05) is 4.90 Å². The maximum absolute atomic E-state index is 13.8. The van der Waals surface area contributed by atoms with Gasteiger partial charge in [-0.3, -0.25) is 24.8 Å². The number of amides is 1. The van der Waals surface area contributed by atoms with Gasteiger partial charge in [0.2, 0.25) is 5.91 Å². The number of rotatable bonds is 5. The Morgan fingerprint density at radius 2 is 1.48 bits per heavy atom. The molecule has 3 heterocycles. The van der Waals surface area contributed by atoms with Gasteiger partial charge >= 0.3 is 6.18 Å². The van der Waals surface area contributed by atoms with Crippen molar-refractivity contribution in [3.63, 3.8) is 0 Å². The summed E-state index contributed by atoms with van der Waals surface area (Å²) in [4.78, 5) is 18.1. The van der Waals surface area contributed by atoms with E-state index >= 15 is 0 Å². The third-order valence-corrected chi connectivity index (χ3v) is 13.6. The van der Waals surface area contributed by atoms with Crippen molar-refractivity contribution in [2.24, 2.45) is 11.8 Å². The molecule has 3 saturated heterocycles. The molecule has 0 aromatic carbocycles. The highest BCUT2D eigenvalue weighted by Gasteiger charge is 2.61. The molecule has 9 unspecified atom stereocenters. The molecule has 8 nitrogen and oxygen atoms in total. The van der Waals surface area contributed by atoms with Crippen molar-refractivity contribution in [1.29, 1.82) is 0 Å². The number of hydrogen-bond acceptors (Lipinski definition) is 6. The monoisotopic (exact) mass is 652 g/mol. The Labute approximate surface area is 274 Å². The van der Waals surface area contributed by atoms with Crippen LogP contribution in [0.5, 0.6) is 0 Å². The number of nitrogens with one attached hydrogen (secondary N) is 4. The summed E-state index contributed by atoms with van der Waals surface area (Å²) in [6, 6.07) is 2.22. The van der Waals surface area contributed by atoms with Crippen molar-refractivity contribution in [1.82, 2.24) is 31.3 Å². The summed E-state index contributed by atoms with van der Waals surface area (Å²) in [5.74, 6) is -0.865. The van der Waals surface area contributed by atoms with Crippen molar-refractivity contribution < 1.29 is 22.4 Å². The molecule has 4 saturated carbocycles. The van der Waals surface area contributed by atoms with Crippen molar-refractivity contribution in [3.05, 3.63) is 0 Å². The fourth-order valence-electron chi connectivity index (χ4n) is 11.3. The lowest BCUT2D eigenvalue weighted by Gasteiger charge is -2.59. The van der Waals surface area contributed by atoms with Crippen LogP contribution in [0.25, 0.3) is 0 Å². The summed E-state index contributed by atoms with van der Waals surface area (Å²) in [6.45, 7) is 3.71.